The van der Waals surface area contributed by atoms with Crippen molar-refractivity contribution in [3.63, 3.8) is 0 Å². The van der Waals surface area contributed by atoms with Gasteiger partial charge in [0.15, 0.2) is 11.5 Å². The molecule has 1 aromatic carbocycles. The SMILES string of the molecule is CCn1cc(O)nc1-c1ccc([C@@H](C)n2ncc3cnc(-c4c(OC)ncnc4OC)nc32)cc1. The summed E-state index contributed by atoms with van der Waals surface area (Å²) in [6.45, 7) is 4.77. The maximum atomic E-state index is 9.79. The van der Waals surface area contributed by atoms with Crippen LogP contribution in [0.2, 0.25) is 0 Å². The predicted octanol–water partition coefficient (Wildman–Crippen LogP) is 3.50. The molecule has 0 bridgehead atoms. The number of methoxy groups -OCH3 is 2. The van der Waals surface area contributed by atoms with Crippen LogP contribution in [0.3, 0.4) is 0 Å². The Morgan fingerprint density at radius 1 is 0.971 bits per heavy atom. The third kappa shape index (κ3) is 3.90. The number of aromatic nitrogens is 8. The Bertz CT molecular complexity index is 1470. The molecule has 4 aromatic heterocycles. The van der Waals surface area contributed by atoms with E-state index in [0.29, 0.717) is 35.3 Å². The summed E-state index contributed by atoms with van der Waals surface area (Å²) in [6, 6.07) is 7.92. The van der Waals surface area contributed by atoms with Gasteiger partial charge in [0, 0.05) is 18.3 Å². The average Bonchev–Trinajstić information content (AvgIpc) is 3.50. The number of nitrogens with zero attached hydrogens (tertiary/aromatic N) is 8. The number of hydrogen-bond donors (Lipinski definition) is 1. The van der Waals surface area contributed by atoms with Gasteiger partial charge in [-0.1, -0.05) is 24.3 Å². The molecule has 0 aliphatic heterocycles. The second-order valence-corrected chi connectivity index (χ2v) is 7.84. The van der Waals surface area contributed by atoms with Crippen LogP contribution in [0, 0.1) is 0 Å². The highest BCUT2D eigenvalue weighted by atomic mass is 16.5. The summed E-state index contributed by atoms with van der Waals surface area (Å²) in [4.78, 5) is 21.8. The van der Waals surface area contributed by atoms with Gasteiger partial charge in [-0.3, -0.25) is 0 Å². The lowest BCUT2D eigenvalue weighted by atomic mass is 10.1. The van der Waals surface area contributed by atoms with E-state index in [9.17, 15) is 5.11 Å². The molecular weight excluding hydrogens is 448 g/mol. The fourth-order valence-electron chi connectivity index (χ4n) is 4.02. The minimum atomic E-state index is -0.112. The Balaban J connectivity index is 1.52. The number of aromatic hydroxyl groups is 1. The first kappa shape index (κ1) is 22.3. The molecule has 1 N–H and O–H groups in total. The topological polar surface area (TPSA) is 126 Å². The van der Waals surface area contributed by atoms with Crippen LogP contribution in [-0.2, 0) is 6.54 Å². The van der Waals surface area contributed by atoms with E-state index in [2.05, 4.69) is 32.0 Å². The maximum Gasteiger partial charge on any atom is 0.231 e. The van der Waals surface area contributed by atoms with E-state index in [-0.39, 0.29) is 11.9 Å². The van der Waals surface area contributed by atoms with Gasteiger partial charge < -0.3 is 19.1 Å². The number of ether oxygens (including phenoxy) is 2. The van der Waals surface area contributed by atoms with E-state index in [1.807, 2.05) is 40.4 Å². The first-order chi connectivity index (χ1) is 17.0. The standard InChI is InChI=1S/C24H24N8O3/c1-5-31-12-18(33)29-21(31)16-8-6-15(7-9-16)14(2)32-22-17(11-28-32)10-25-20(30-22)19-23(34-3)26-13-27-24(19)35-4/h6-14,33H,5H2,1-4H3/t14-/m1/s1. The van der Waals surface area contributed by atoms with Gasteiger partial charge in [0.25, 0.3) is 0 Å². The zero-order chi connectivity index (χ0) is 24.5. The second-order valence-electron chi connectivity index (χ2n) is 7.84. The largest absolute Gasteiger partial charge is 0.492 e. The van der Waals surface area contributed by atoms with E-state index in [1.165, 1.54) is 20.5 Å². The van der Waals surface area contributed by atoms with Crippen LogP contribution < -0.4 is 9.47 Å². The van der Waals surface area contributed by atoms with Gasteiger partial charge in [-0.15, -0.1) is 0 Å². The quantitative estimate of drug-likeness (QED) is 0.379. The van der Waals surface area contributed by atoms with E-state index in [4.69, 9.17) is 14.5 Å². The van der Waals surface area contributed by atoms with Crippen molar-refractivity contribution in [1.82, 2.24) is 39.3 Å². The summed E-state index contributed by atoms with van der Waals surface area (Å²) < 4.78 is 14.5. The summed E-state index contributed by atoms with van der Waals surface area (Å²) in [7, 11) is 3.04. The van der Waals surface area contributed by atoms with Gasteiger partial charge in [-0.05, 0) is 19.4 Å². The highest BCUT2D eigenvalue weighted by molar-refractivity contribution is 5.78. The number of aryl methyl sites for hydroxylation is 1. The number of imidazole rings is 1. The van der Waals surface area contributed by atoms with Crippen molar-refractivity contribution in [3.8, 4) is 40.4 Å². The van der Waals surface area contributed by atoms with Crippen molar-refractivity contribution in [2.24, 2.45) is 0 Å². The molecular formula is C24H24N8O3. The Hall–Kier alpha value is -4.54. The van der Waals surface area contributed by atoms with Gasteiger partial charge in [0.1, 0.15) is 17.7 Å². The molecule has 178 valence electrons. The monoisotopic (exact) mass is 472 g/mol. The van der Waals surface area contributed by atoms with E-state index in [0.717, 1.165) is 22.3 Å². The van der Waals surface area contributed by atoms with Crippen molar-refractivity contribution in [3.05, 3.63) is 54.7 Å². The Morgan fingerprint density at radius 3 is 2.34 bits per heavy atom. The lowest BCUT2D eigenvalue weighted by Gasteiger charge is -2.15. The Morgan fingerprint density at radius 2 is 1.69 bits per heavy atom. The molecule has 11 nitrogen and oxygen atoms in total. The lowest BCUT2D eigenvalue weighted by molar-refractivity contribution is 0.374. The normalized spacial score (nSPS) is 12.1. The number of benzene rings is 1. The van der Waals surface area contributed by atoms with Crippen LogP contribution in [0.15, 0.2) is 49.2 Å². The molecule has 0 saturated carbocycles. The molecule has 5 aromatic rings. The highest BCUT2D eigenvalue weighted by Gasteiger charge is 2.21. The van der Waals surface area contributed by atoms with E-state index >= 15 is 0 Å². The molecule has 0 radical (unpaired) electrons. The Labute approximate surface area is 201 Å². The zero-order valence-electron chi connectivity index (χ0n) is 19.7. The predicted molar refractivity (Wildman–Crippen MR) is 128 cm³/mol. The smallest absolute Gasteiger partial charge is 0.231 e. The van der Waals surface area contributed by atoms with Gasteiger partial charge in [0.2, 0.25) is 17.6 Å². The molecule has 4 heterocycles. The fourth-order valence-corrected chi connectivity index (χ4v) is 4.02. The third-order valence-electron chi connectivity index (χ3n) is 5.84. The van der Waals surface area contributed by atoms with Crippen LogP contribution >= 0.6 is 0 Å². The van der Waals surface area contributed by atoms with Crippen molar-refractivity contribution in [1.29, 1.82) is 0 Å². The van der Waals surface area contributed by atoms with Gasteiger partial charge in [-0.25, -0.2) is 24.6 Å². The van der Waals surface area contributed by atoms with Crippen molar-refractivity contribution < 1.29 is 14.6 Å². The number of hydrogen-bond acceptors (Lipinski definition) is 9. The molecule has 35 heavy (non-hydrogen) atoms. The average molecular weight is 473 g/mol. The summed E-state index contributed by atoms with van der Waals surface area (Å²) in [5.74, 6) is 1.75. The van der Waals surface area contributed by atoms with Crippen molar-refractivity contribution in [2.75, 3.05) is 14.2 Å². The minimum absolute atomic E-state index is 0.00914. The molecule has 0 aliphatic carbocycles. The van der Waals surface area contributed by atoms with Gasteiger partial charge in [0.05, 0.1) is 38.0 Å². The van der Waals surface area contributed by atoms with Gasteiger partial charge in [-0.2, -0.15) is 10.1 Å². The third-order valence-corrected chi connectivity index (χ3v) is 5.84. The van der Waals surface area contributed by atoms with Crippen LogP contribution in [0.1, 0.15) is 25.5 Å². The molecule has 0 unspecified atom stereocenters. The first-order valence-electron chi connectivity index (χ1n) is 11.0. The summed E-state index contributed by atoms with van der Waals surface area (Å²) in [6.07, 6.45) is 6.44. The summed E-state index contributed by atoms with van der Waals surface area (Å²) >= 11 is 0. The summed E-state index contributed by atoms with van der Waals surface area (Å²) in [5.41, 5.74) is 3.09. The minimum Gasteiger partial charge on any atom is -0.492 e. The van der Waals surface area contributed by atoms with E-state index in [1.54, 1.807) is 18.6 Å². The molecule has 0 amide bonds. The fraction of sp³-hybridized carbons (Fsp3) is 0.250. The van der Waals surface area contributed by atoms with Crippen molar-refractivity contribution >= 4 is 11.0 Å². The highest BCUT2D eigenvalue weighted by Crippen LogP contribution is 2.34. The zero-order valence-corrected chi connectivity index (χ0v) is 19.7. The number of rotatable bonds is 7. The van der Waals surface area contributed by atoms with E-state index < -0.39 is 0 Å². The van der Waals surface area contributed by atoms with Gasteiger partial charge >= 0.3 is 0 Å². The molecule has 5 rings (SSSR count). The van der Waals surface area contributed by atoms with Crippen LogP contribution in [-0.4, -0.2) is 58.6 Å². The molecule has 0 saturated heterocycles. The molecule has 0 aliphatic rings. The van der Waals surface area contributed by atoms with Crippen LogP contribution in [0.25, 0.3) is 33.8 Å². The molecule has 1 atom stereocenters. The molecule has 0 spiro atoms. The molecule has 0 fully saturated rings. The lowest BCUT2D eigenvalue weighted by Crippen LogP contribution is -2.10. The number of fused-ring (bicyclic) bond motifs is 1. The van der Waals surface area contributed by atoms with Crippen LogP contribution in [0.4, 0.5) is 0 Å². The van der Waals surface area contributed by atoms with Crippen LogP contribution in [0.5, 0.6) is 17.6 Å². The first-order valence-corrected chi connectivity index (χ1v) is 11.0. The summed E-state index contributed by atoms with van der Waals surface area (Å²) in [5, 5.41) is 15.2. The molecule has 11 heteroatoms. The Kier molecular flexibility index (Phi) is 5.73. The second kappa shape index (κ2) is 9.01. The van der Waals surface area contributed by atoms with Crippen molar-refractivity contribution in [2.45, 2.75) is 26.4 Å². The maximum absolute atomic E-state index is 9.79.